The molecule has 1 aliphatic heterocycles. The van der Waals surface area contributed by atoms with Crippen LogP contribution >= 0.6 is 22.9 Å². The molecule has 4 heteroatoms. The molecule has 2 nitrogen and oxygen atoms in total. The van der Waals surface area contributed by atoms with Crippen LogP contribution in [-0.2, 0) is 13.0 Å². The van der Waals surface area contributed by atoms with Crippen molar-refractivity contribution in [2.24, 2.45) is 0 Å². The number of nitrogens with zero attached hydrogens (tertiary/aromatic N) is 1. The van der Waals surface area contributed by atoms with E-state index in [-0.39, 0.29) is 5.78 Å². The van der Waals surface area contributed by atoms with E-state index >= 15 is 0 Å². The summed E-state index contributed by atoms with van der Waals surface area (Å²) in [7, 11) is 2.09. The third-order valence-electron chi connectivity index (χ3n) is 3.50. The van der Waals surface area contributed by atoms with Crippen molar-refractivity contribution in [1.82, 2.24) is 4.90 Å². The van der Waals surface area contributed by atoms with Gasteiger partial charge in [0.2, 0.25) is 0 Å². The van der Waals surface area contributed by atoms with Gasteiger partial charge in [0.25, 0.3) is 0 Å². The summed E-state index contributed by atoms with van der Waals surface area (Å²) in [6.07, 6.45) is 0.952. The maximum Gasteiger partial charge on any atom is 0.170 e. The molecule has 1 aromatic heterocycles. The SMILES string of the molecule is CC(=O)c1sc2ccc(Cl)c3c2c1CN(C)CC3. The Morgan fingerprint density at radius 1 is 1.39 bits per heavy atom. The van der Waals surface area contributed by atoms with Crippen LogP contribution < -0.4 is 0 Å². The molecule has 0 spiro atoms. The monoisotopic (exact) mass is 279 g/mol. The number of hydrogen-bond acceptors (Lipinski definition) is 3. The zero-order chi connectivity index (χ0) is 12.9. The van der Waals surface area contributed by atoms with Gasteiger partial charge in [-0.05, 0) is 43.7 Å². The van der Waals surface area contributed by atoms with Gasteiger partial charge in [-0.1, -0.05) is 11.6 Å². The molecule has 94 valence electrons. The fraction of sp³-hybridized carbons (Fsp3) is 0.357. The van der Waals surface area contributed by atoms with Crippen LogP contribution in [0, 0.1) is 0 Å². The molecule has 2 heterocycles. The Morgan fingerprint density at radius 2 is 2.17 bits per heavy atom. The van der Waals surface area contributed by atoms with Crippen molar-refractivity contribution < 1.29 is 4.79 Å². The number of likely N-dealkylation sites (N-methyl/N-ethyl adjacent to an activating group) is 1. The summed E-state index contributed by atoms with van der Waals surface area (Å²) in [5, 5.41) is 2.05. The Bertz CT molecular complexity index is 647. The Labute approximate surface area is 115 Å². The van der Waals surface area contributed by atoms with Gasteiger partial charge >= 0.3 is 0 Å². The van der Waals surface area contributed by atoms with E-state index in [2.05, 4.69) is 11.9 Å². The summed E-state index contributed by atoms with van der Waals surface area (Å²) in [6, 6.07) is 3.99. The van der Waals surface area contributed by atoms with Crippen molar-refractivity contribution in [1.29, 1.82) is 0 Å². The number of thiophene rings is 1. The van der Waals surface area contributed by atoms with E-state index in [1.165, 1.54) is 21.2 Å². The molecule has 0 atom stereocenters. The van der Waals surface area contributed by atoms with Crippen molar-refractivity contribution in [3.63, 3.8) is 0 Å². The van der Waals surface area contributed by atoms with E-state index in [0.717, 1.165) is 29.4 Å². The predicted octanol–water partition coefficient (Wildman–Crippen LogP) is 3.75. The maximum absolute atomic E-state index is 11.8. The predicted molar refractivity (Wildman–Crippen MR) is 76.9 cm³/mol. The Balaban J connectivity index is 2.39. The molecular formula is C14H14ClNOS. The molecule has 1 aliphatic rings. The first kappa shape index (κ1) is 12.2. The van der Waals surface area contributed by atoms with Crippen LogP contribution in [0.25, 0.3) is 10.1 Å². The van der Waals surface area contributed by atoms with Crippen molar-refractivity contribution in [3.05, 3.63) is 33.2 Å². The second-order valence-corrected chi connectivity index (χ2v) is 6.31. The molecule has 1 aromatic carbocycles. The van der Waals surface area contributed by atoms with Gasteiger partial charge in [0.05, 0.1) is 4.88 Å². The molecule has 2 aromatic rings. The minimum atomic E-state index is 0.156. The maximum atomic E-state index is 11.8. The third-order valence-corrected chi connectivity index (χ3v) is 5.15. The summed E-state index contributed by atoms with van der Waals surface area (Å²) in [5.41, 5.74) is 2.37. The number of rotatable bonds is 1. The number of benzene rings is 1. The molecule has 0 N–H and O–H groups in total. The zero-order valence-corrected chi connectivity index (χ0v) is 12.0. The van der Waals surface area contributed by atoms with Crippen molar-refractivity contribution >= 4 is 38.8 Å². The minimum Gasteiger partial charge on any atom is -0.302 e. The number of Topliss-reactive ketones (excluding diaryl/α,β-unsaturated/α-hetero) is 1. The summed E-state index contributed by atoms with van der Waals surface area (Å²) < 4.78 is 1.19. The first-order valence-corrected chi connectivity index (χ1v) is 7.19. The average Bonchev–Trinajstić information content (AvgIpc) is 2.57. The lowest BCUT2D eigenvalue weighted by atomic mass is 10.0. The van der Waals surface area contributed by atoms with Crippen LogP contribution in [0.3, 0.4) is 0 Å². The standard InChI is InChI=1S/C14H14ClNOS/c1-8(17)14-10-7-16(2)6-5-9-11(15)3-4-12(18-14)13(9)10/h3-4H,5-7H2,1-2H3. The van der Waals surface area contributed by atoms with E-state index in [1.54, 1.807) is 18.3 Å². The fourth-order valence-electron chi connectivity index (χ4n) is 2.63. The average molecular weight is 280 g/mol. The lowest BCUT2D eigenvalue weighted by Gasteiger charge is -2.13. The van der Waals surface area contributed by atoms with Crippen LogP contribution in [0.5, 0.6) is 0 Å². The van der Waals surface area contributed by atoms with E-state index in [4.69, 9.17) is 11.6 Å². The highest BCUT2D eigenvalue weighted by Crippen LogP contribution is 2.39. The fourth-order valence-corrected chi connectivity index (χ4v) is 4.02. The molecule has 0 amide bonds. The molecule has 0 bridgehead atoms. The van der Waals surface area contributed by atoms with Gasteiger partial charge in [-0.3, -0.25) is 4.79 Å². The van der Waals surface area contributed by atoms with E-state index < -0.39 is 0 Å². The quantitative estimate of drug-likeness (QED) is 0.741. The first-order chi connectivity index (χ1) is 8.58. The summed E-state index contributed by atoms with van der Waals surface area (Å²) in [5.74, 6) is 0.156. The number of carbonyl (C=O) groups is 1. The molecule has 0 radical (unpaired) electrons. The largest absolute Gasteiger partial charge is 0.302 e. The van der Waals surface area contributed by atoms with E-state index in [1.807, 2.05) is 12.1 Å². The van der Waals surface area contributed by atoms with Gasteiger partial charge in [0, 0.05) is 28.2 Å². The molecule has 3 rings (SSSR count). The molecule has 0 saturated heterocycles. The van der Waals surface area contributed by atoms with Crippen LogP contribution in [-0.4, -0.2) is 24.3 Å². The topological polar surface area (TPSA) is 20.3 Å². The van der Waals surface area contributed by atoms with Crippen LogP contribution in [0.4, 0.5) is 0 Å². The van der Waals surface area contributed by atoms with Crippen molar-refractivity contribution in [2.45, 2.75) is 19.9 Å². The van der Waals surface area contributed by atoms with Gasteiger partial charge in [0.15, 0.2) is 5.78 Å². The first-order valence-electron chi connectivity index (χ1n) is 6.00. The van der Waals surface area contributed by atoms with Gasteiger partial charge < -0.3 is 4.90 Å². The van der Waals surface area contributed by atoms with Crippen LogP contribution in [0.2, 0.25) is 5.02 Å². The minimum absolute atomic E-state index is 0.156. The highest BCUT2D eigenvalue weighted by atomic mass is 35.5. The zero-order valence-electron chi connectivity index (χ0n) is 10.4. The summed E-state index contributed by atoms with van der Waals surface area (Å²) in [4.78, 5) is 14.9. The number of carbonyl (C=O) groups excluding carboxylic acids is 1. The molecule has 18 heavy (non-hydrogen) atoms. The molecule has 0 saturated carbocycles. The third kappa shape index (κ3) is 1.78. The van der Waals surface area contributed by atoms with Crippen LogP contribution in [0.15, 0.2) is 12.1 Å². The van der Waals surface area contributed by atoms with E-state index in [9.17, 15) is 4.79 Å². The Hall–Kier alpha value is -0.900. The van der Waals surface area contributed by atoms with Gasteiger partial charge in [-0.25, -0.2) is 0 Å². The Kier molecular flexibility index (Phi) is 2.93. The van der Waals surface area contributed by atoms with E-state index in [0.29, 0.717) is 0 Å². The molecule has 0 unspecified atom stereocenters. The Morgan fingerprint density at radius 3 is 2.89 bits per heavy atom. The van der Waals surface area contributed by atoms with Crippen molar-refractivity contribution in [3.8, 4) is 0 Å². The molecule has 0 fully saturated rings. The second-order valence-electron chi connectivity index (χ2n) is 4.85. The van der Waals surface area contributed by atoms with Gasteiger partial charge in [-0.15, -0.1) is 11.3 Å². The normalized spacial score (nSPS) is 15.9. The van der Waals surface area contributed by atoms with Crippen LogP contribution in [0.1, 0.15) is 27.7 Å². The molecule has 0 aliphatic carbocycles. The van der Waals surface area contributed by atoms with Gasteiger partial charge in [0.1, 0.15) is 0 Å². The van der Waals surface area contributed by atoms with Gasteiger partial charge in [-0.2, -0.15) is 0 Å². The number of ketones is 1. The van der Waals surface area contributed by atoms with Crippen molar-refractivity contribution in [2.75, 3.05) is 13.6 Å². The number of hydrogen-bond donors (Lipinski definition) is 0. The second kappa shape index (κ2) is 4.34. The highest BCUT2D eigenvalue weighted by Gasteiger charge is 2.23. The number of halogens is 1. The molecular weight excluding hydrogens is 266 g/mol. The smallest absolute Gasteiger partial charge is 0.170 e. The summed E-state index contributed by atoms with van der Waals surface area (Å²) in [6.45, 7) is 3.46. The lowest BCUT2D eigenvalue weighted by Crippen LogP contribution is -2.19. The highest BCUT2D eigenvalue weighted by molar-refractivity contribution is 7.21. The lowest BCUT2D eigenvalue weighted by molar-refractivity contribution is 0.102. The summed E-state index contributed by atoms with van der Waals surface area (Å²) >= 11 is 7.92.